The molecule has 0 spiro atoms. The van der Waals surface area contributed by atoms with Crippen molar-refractivity contribution in [2.75, 3.05) is 26.8 Å². The molecule has 4 heteroatoms. The molecule has 0 fully saturated rings. The lowest BCUT2D eigenvalue weighted by Crippen LogP contribution is -2.46. The fourth-order valence-corrected chi connectivity index (χ4v) is 1.15. The molecule has 0 aliphatic heterocycles. The number of ketones is 1. The van der Waals surface area contributed by atoms with Crippen LogP contribution in [0.25, 0.3) is 0 Å². The molecule has 0 saturated heterocycles. The second kappa shape index (κ2) is 13.2. The first-order chi connectivity index (χ1) is 7.49. The van der Waals surface area contributed by atoms with E-state index in [0.717, 1.165) is 6.67 Å². The molecule has 0 aromatic carbocycles. The van der Waals surface area contributed by atoms with Gasteiger partial charge in [0.15, 0.2) is 5.78 Å². The Labute approximate surface area is 136 Å². The van der Waals surface area contributed by atoms with Crippen LogP contribution in [0.2, 0.25) is 0 Å². The van der Waals surface area contributed by atoms with Crippen molar-refractivity contribution < 1.29 is 4.79 Å². The van der Waals surface area contributed by atoms with Crippen molar-refractivity contribution in [3.8, 4) is 0 Å². The molecule has 0 radical (unpaired) electrons. The first-order valence-corrected chi connectivity index (χ1v) is 6.20. The summed E-state index contributed by atoms with van der Waals surface area (Å²) in [7, 11) is 1.95. The van der Waals surface area contributed by atoms with Crippen molar-refractivity contribution in [1.82, 2.24) is 15.5 Å². The molecule has 0 aromatic rings. The minimum absolute atomic E-state index is 0. The number of hydrogen-bond donors (Lipinski definition) is 2. The molecule has 0 amide bonds. The Kier molecular flexibility index (Phi) is 20.5. The lowest BCUT2D eigenvalue weighted by Gasteiger charge is -2.26. The molecule has 0 heterocycles. The maximum atomic E-state index is 11.7. The van der Waals surface area contributed by atoms with Crippen LogP contribution in [0.5, 0.6) is 0 Å². The number of rotatable bonds is 6. The summed E-state index contributed by atoms with van der Waals surface area (Å²) in [5, 5.41) is 6.56. The van der Waals surface area contributed by atoms with E-state index in [1.165, 1.54) is 0 Å². The van der Waals surface area contributed by atoms with Gasteiger partial charge in [-0.1, -0.05) is 29.7 Å². The molecule has 21 heavy (non-hydrogen) atoms. The molecule has 0 aliphatic carbocycles. The number of nitrogens with zero attached hydrogens (tertiary/aromatic N) is 1. The van der Waals surface area contributed by atoms with Crippen molar-refractivity contribution in [2.24, 2.45) is 0 Å². The molecule has 0 rings (SSSR count). The fourth-order valence-electron chi connectivity index (χ4n) is 1.15. The first-order valence-electron chi connectivity index (χ1n) is 6.20. The van der Waals surface area contributed by atoms with Crippen molar-refractivity contribution in [3.63, 3.8) is 0 Å². The van der Waals surface area contributed by atoms with Crippen LogP contribution in [0.4, 0.5) is 0 Å². The molecule has 4 nitrogen and oxygen atoms in total. The van der Waals surface area contributed by atoms with Gasteiger partial charge in [-0.05, 0) is 48.6 Å². The Bertz CT molecular complexity index is 239. The third-order valence-corrected chi connectivity index (χ3v) is 2.14. The zero-order valence-electron chi connectivity index (χ0n) is 12.5. The maximum absolute atomic E-state index is 11.7. The third kappa shape index (κ3) is 24.9. The van der Waals surface area contributed by atoms with Gasteiger partial charge in [-0.2, -0.15) is 0 Å². The molecule has 134 valence electrons. The molecule has 0 aromatic heterocycles. The number of Topliss-reactive ketones (excluding diaryl/α,β-unsaturated/α-hetero) is 1. The lowest BCUT2D eigenvalue weighted by molar-refractivity contribution is -0.119. The first kappa shape index (κ1) is 32.5. The summed E-state index contributed by atoms with van der Waals surface area (Å²) in [6.07, 6.45) is 0. The summed E-state index contributed by atoms with van der Waals surface area (Å²) in [6, 6.07) is 0. The third-order valence-electron chi connectivity index (χ3n) is 2.14. The quantitative estimate of drug-likeness (QED) is 0.733. The van der Waals surface area contributed by atoms with Gasteiger partial charge >= 0.3 is 0 Å². The molecule has 0 atom stereocenters. The summed E-state index contributed by atoms with van der Waals surface area (Å²) in [5.41, 5.74) is 0.0822. The minimum atomic E-state index is -0.00209. The molecule has 0 saturated carbocycles. The van der Waals surface area contributed by atoms with E-state index in [1.807, 2.05) is 11.9 Å². The largest absolute Gasteiger partial charge is 0.305 e. The summed E-state index contributed by atoms with van der Waals surface area (Å²) < 4.78 is 0. The van der Waals surface area contributed by atoms with E-state index in [9.17, 15) is 4.79 Å². The van der Waals surface area contributed by atoms with E-state index in [0.29, 0.717) is 13.1 Å². The summed E-state index contributed by atoms with van der Waals surface area (Å²) in [6.45, 7) is 14.2. The van der Waals surface area contributed by atoms with Crippen LogP contribution in [0.1, 0.15) is 71.2 Å². The number of likely N-dealkylation sites (N-methyl/N-ethyl adjacent to an activating group) is 1. The average Bonchev–Trinajstić information content (AvgIpc) is 2.09. The van der Waals surface area contributed by atoms with Crippen molar-refractivity contribution >= 4 is 5.78 Å². The Morgan fingerprint density at radius 3 is 1.57 bits per heavy atom. The number of carbonyl (C=O) groups excluding carboxylic acids is 1. The molecule has 2 N–H and O–H groups in total. The highest BCUT2D eigenvalue weighted by Gasteiger charge is 2.14. The van der Waals surface area contributed by atoms with Crippen LogP contribution in [-0.2, 0) is 4.79 Å². The second-order valence-corrected chi connectivity index (χ2v) is 6.74. The van der Waals surface area contributed by atoms with Crippen LogP contribution in [0, 0.1) is 0 Å². The van der Waals surface area contributed by atoms with Gasteiger partial charge in [-0.25, -0.2) is 0 Å². The average molecular weight is 308 g/mol. The van der Waals surface area contributed by atoms with E-state index >= 15 is 0 Å². The Morgan fingerprint density at radius 2 is 1.24 bits per heavy atom. The highest BCUT2D eigenvalue weighted by Crippen LogP contribution is 1.99. The zero-order valence-corrected chi connectivity index (χ0v) is 12.5. The van der Waals surface area contributed by atoms with Gasteiger partial charge in [0.1, 0.15) is 0 Å². The van der Waals surface area contributed by atoms with Gasteiger partial charge in [0.2, 0.25) is 0 Å². The van der Waals surface area contributed by atoms with Gasteiger partial charge < -0.3 is 5.32 Å². The minimum Gasteiger partial charge on any atom is -0.305 e. The Hall–Kier alpha value is -0.450. The van der Waals surface area contributed by atoms with E-state index < -0.39 is 0 Å². The standard InChI is InChI=1S/C13H29N3O.4CH4/c1-12(2,3)14-8-11(17)9-16(7)10-15-13(4,5)6;;;;/h14-15H,8-10H2,1-7H3;4*1H4. The maximum Gasteiger partial charge on any atom is 0.160 e. The predicted octanol–water partition coefficient (Wildman–Crippen LogP) is 3.77. The number of carbonyl (C=O) groups is 1. The second-order valence-electron chi connectivity index (χ2n) is 6.74. The fraction of sp³-hybridized carbons (Fsp3) is 0.941. The van der Waals surface area contributed by atoms with E-state index in [4.69, 9.17) is 0 Å². The van der Waals surface area contributed by atoms with Gasteiger partial charge in [0.05, 0.1) is 13.1 Å². The SMILES string of the molecule is C.C.C.C.CN(CNC(C)(C)C)CC(=O)CNC(C)(C)C. The summed E-state index contributed by atoms with van der Waals surface area (Å²) >= 11 is 0. The van der Waals surface area contributed by atoms with Crippen LogP contribution >= 0.6 is 0 Å². The van der Waals surface area contributed by atoms with Crippen LogP contribution in [0.15, 0.2) is 0 Å². The van der Waals surface area contributed by atoms with Crippen LogP contribution in [-0.4, -0.2) is 48.6 Å². The lowest BCUT2D eigenvalue weighted by atomic mass is 10.1. The molecular weight excluding hydrogens is 262 g/mol. The normalized spacial score (nSPS) is 10.7. The summed E-state index contributed by atoms with van der Waals surface area (Å²) in [5.74, 6) is 0.220. The van der Waals surface area contributed by atoms with Crippen LogP contribution in [0.3, 0.4) is 0 Å². The predicted molar refractivity (Wildman–Crippen MR) is 100 cm³/mol. The van der Waals surface area contributed by atoms with E-state index in [-0.39, 0.29) is 46.6 Å². The Balaban J connectivity index is -0.000000213. The molecule has 0 bridgehead atoms. The highest BCUT2D eigenvalue weighted by atomic mass is 16.1. The number of nitrogens with one attached hydrogen (secondary N) is 2. The Morgan fingerprint density at radius 1 is 0.857 bits per heavy atom. The van der Waals surface area contributed by atoms with Crippen LogP contribution < -0.4 is 10.6 Å². The highest BCUT2D eigenvalue weighted by molar-refractivity contribution is 5.82. The summed E-state index contributed by atoms with van der Waals surface area (Å²) in [4.78, 5) is 13.7. The molecule has 0 aliphatic rings. The zero-order chi connectivity index (χ0) is 13.7. The van der Waals surface area contributed by atoms with E-state index in [1.54, 1.807) is 0 Å². The van der Waals surface area contributed by atoms with Crippen molar-refractivity contribution in [3.05, 3.63) is 0 Å². The topological polar surface area (TPSA) is 44.4 Å². The van der Waals surface area contributed by atoms with Crippen molar-refractivity contribution in [1.29, 1.82) is 0 Å². The molecular formula is C17H45N3O. The van der Waals surface area contributed by atoms with Gasteiger partial charge in [0.25, 0.3) is 0 Å². The monoisotopic (exact) mass is 307 g/mol. The molecule has 0 unspecified atom stereocenters. The van der Waals surface area contributed by atoms with Gasteiger partial charge in [-0.3, -0.25) is 15.0 Å². The number of hydrogen-bond acceptors (Lipinski definition) is 4. The smallest absolute Gasteiger partial charge is 0.160 e. The van der Waals surface area contributed by atoms with Gasteiger partial charge in [-0.15, -0.1) is 0 Å². The van der Waals surface area contributed by atoms with Crippen molar-refractivity contribution in [2.45, 2.75) is 82.3 Å². The van der Waals surface area contributed by atoms with E-state index in [2.05, 4.69) is 52.2 Å². The van der Waals surface area contributed by atoms with Gasteiger partial charge in [0, 0.05) is 17.7 Å².